The maximum atomic E-state index is 16.8. The van der Waals surface area contributed by atoms with Gasteiger partial charge in [0.25, 0.3) is 0 Å². The van der Waals surface area contributed by atoms with Crippen molar-refractivity contribution in [2.45, 2.75) is 110 Å². The van der Waals surface area contributed by atoms with Crippen LogP contribution in [0, 0.1) is 47.4 Å². The average Bonchev–Trinajstić information content (AvgIpc) is 3.67. The van der Waals surface area contributed by atoms with Crippen LogP contribution in [-0.2, 0) is 55.0 Å². The van der Waals surface area contributed by atoms with Crippen molar-refractivity contribution in [1.29, 1.82) is 0 Å². The maximum absolute atomic E-state index is 16.8. The van der Waals surface area contributed by atoms with Gasteiger partial charge in [0.15, 0.2) is 0 Å². The number of ether oxygens (including phenoxy) is 2. The molecular weight excluding hydrogens is 1170 g/mol. The van der Waals surface area contributed by atoms with Gasteiger partial charge in [-0.2, -0.15) is 13.2 Å². The molecule has 77 heavy (non-hydrogen) atoms. The van der Waals surface area contributed by atoms with E-state index in [4.69, 9.17) is 21.0 Å². The van der Waals surface area contributed by atoms with Gasteiger partial charge >= 0.3 is 332 Å². The topological polar surface area (TPSA) is 163 Å². The van der Waals surface area contributed by atoms with Crippen LogP contribution in [0.4, 0.5) is 23.2 Å². The molecule has 4 atom stereocenters. The Labute approximate surface area is 457 Å². The summed E-state index contributed by atoms with van der Waals surface area (Å²) in [4.78, 5) is 66.3. The van der Waals surface area contributed by atoms with Gasteiger partial charge in [-0.3, -0.25) is 4.98 Å². The molecule has 414 valence electrons. The minimum atomic E-state index is -4.75. The molecule has 1 saturated carbocycles. The number of piperazine rings is 1. The molecule has 4 aliphatic rings. The van der Waals surface area contributed by atoms with E-state index in [0.717, 1.165) is 23.7 Å². The number of fused-ring (bicyclic) bond motifs is 3. The molecule has 1 aliphatic carbocycles. The summed E-state index contributed by atoms with van der Waals surface area (Å²) in [7, 11) is 5.27. The monoisotopic (exact) mass is 1240 g/mol. The second kappa shape index (κ2) is 24.1. The SMILES string of the molecule is [CH-]=C1N=[C-]C[C@H](N[C](=[Os])[C@H](C(C)C)N(C)C(=O)C2CC(C#Cc3ncccn3)C2)C(=O)N2CCC[C@H](N2)C(=O)OCC(C)(C)Cc2c(-c3cc(N4CCN(C)CC4)cnc3[C@H](C)OC)n(CC(F)(F)F)c3cc(F)c1cc23. The quantitative estimate of drug-likeness (QED) is 0.0720. The fraction of sp³-hybridized carbons (Fsp3) is 0.536. The number of benzene rings is 1. The van der Waals surface area contributed by atoms with Crippen LogP contribution in [0.25, 0.3) is 27.9 Å². The van der Waals surface area contributed by atoms with E-state index in [1.807, 2.05) is 40.8 Å². The van der Waals surface area contributed by atoms with E-state index in [1.54, 1.807) is 43.5 Å². The summed E-state index contributed by atoms with van der Waals surface area (Å²) in [5, 5.41) is 5.03. The summed E-state index contributed by atoms with van der Waals surface area (Å²) in [5.41, 5.74) is 3.65. The standard InChI is InChI=1S/C56H67F4N11O5.Os/c1-34(2)48(68(8)52(72)38-24-37(25-38)13-14-49-62-16-11-17-63-49)31-64-45-15-18-61-35(3)40-27-41-43(29-55(5,6)33-76-54(74)46-12-10-19-71(66-46)53(45)73)51(70(32-56(58,59)60)47(41)28-44(40)57)42-26-39(30-65-50(42)36(4)75-9)69-22-20-67(7)21-23-69;/h3,11,16-17,26-28,30,34,36-38,45-46,48,64,66H,10,12,15,19-25,29,32-33H2,1-2,4-9H3;/q-2;/t36-,37?,38?,45-,46-,48+;/m0./s1. The van der Waals surface area contributed by atoms with Gasteiger partial charge in [0.2, 0.25) is 0 Å². The Hall–Kier alpha value is -5.76. The number of amides is 2. The Morgan fingerprint density at radius 1 is 1.08 bits per heavy atom. The number of esters is 1. The van der Waals surface area contributed by atoms with Crippen molar-refractivity contribution in [2.24, 2.45) is 28.2 Å². The first-order chi connectivity index (χ1) is 36.5. The van der Waals surface area contributed by atoms with E-state index < -0.39 is 60.1 Å². The number of carbonyl (C=O) groups excluding carboxylic acids is 3. The first-order valence-electron chi connectivity index (χ1n) is 26.0. The summed E-state index contributed by atoms with van der Waals surface area (Å²) >= 11 is 1.53. The Morgan fingerprint density at radius 3 is 2.47 bits per heavy atom. The number of cyclic esters (lactones) is 1. The number of halogens is 4. The molecule has 8 rings (SSSR count). The summed E-state index contributed by atoms with van der Waals surface area (Å²) in [6.45, 7) is 17.5. The van der Waals surface area contributed by atoms with E-state index in [1.165, 1.54) is 36.3 Å². The number of likely N-dealkylation sites (N-methyl/N-ethyl adjacent to an activating group) is 2. The Morgan fingerprint density at radius 2 is 1.79 bits per heavy atom. The number of hydrogen-bond acceptors (Lipinski definition) is 13. The number of aliphatic imine (C=N–C) groups is 1. The third-order valence-corrected chi connectivity index (χ3v) is 15.9. The number of nitrogens with zero attached hydrogens (tertiary/aromatic N) is 9. The molecule has 4 bridgehead atoms. The number of pyridine rings is 1. The molecule has 0 spiro atoms. The van der Waals surface area contributed by atoms with Crippen molar-refractivity contribution >= 4 is 50.5 Å². The van der Waals surface area contributed by atoms with Crippen molar-refractivity contribution in [3.8, 4) is 23.1 Å². The number of hydrazine groups is 1. The van der Waals surface area contributed by atoms with Crippen LogP contribution >= 0.6 is 0 Å². The summed E-state index contributed by atoms with van der Waals surface area (Å²) in [5.74, 6) is 4.23. The molecule has 21 heteroatoms. The van der Waals surface area contributed by atoms with Crippen LogP contribution in [0.3, 0.4) is 0 Å². The number of anilines is 1. The van der Waals surface area contributed by atoms with Gasteiger partial charge in [0.05, 0.1) is 23.7 Å². The van der Waals surface area contributed by atoms with Gasteiger partial charge in [0, 0.05) is 38.9 Å². The average molecular weight is 1240 g/mol. The van der Waals surface area contributed by atoms with Crippen molar-refractivity contribution in [3.05, 3.63) is 77.9 Å². The number of carbonyl (C=O) groups is 3. The van der Waals surface area contributed by atoms with Gasteiger partial charge in [-0.05, 0) is 26.1 Å². The number of alkyl halides is 3. The Balaban J connectivity index is 1.16. The van der Waals surface area contributed by atoms with E-state index in [9.17, 15) is 14.4 Å². The van der Waals surface area contributed by atoms with Crippen LogP contribution in [0.1, 0.15) is 95.5 Å². The van der Waals surface area contributed by atoms with Crippen LogP contribution in [0.5, 0.6) is 0 Å². The van der Waals surface area contributed by atoms with Crippen molar-refractivity contribution in [3.63, 3.8) is 0 Å². The molecule has 0 radical (unpaired) electrons. The number of rotatable bonds is 11. The number of hydrogen-bond donors (Lipinski definition) is 2. The van der Waals surface area contributed by atoms with Crippen molar-refractivity contribution in [1.82, 2.24) is 45.1 Å². The zero-order chi connectivity index (χ0) is 55.5. The fourth-order valence-electron chi connectivity index (χ4n) is 10.5. The molecule has 2 amide bonds. The third-order valence-electron chi connectivity index (χ3n) is 14.8. The number of methoxy groups -OCH3 is 1. The summed E-state index contributed by atoms with van der Waals surface area (Å²) in [6, 6.07) is 3.58. The van der Waals surface area contributed by atoms with Gasteiger partial charge in [-0.1, -0.05) is 0 Å². The molecule has 16 nitrogen and oxygen atoms in total. The molecule has 3 aromatic heterocycles. The second-order valence-electron chi connectivity index (χ2n) is 21.7. The van der Waals surface area contributed by atoms with E-state index in [-0.39, 0.29) is 77.5 Å². The molecule has 0 unspecified atom stereocenters. The molecule has 6 heterocycles. The van der Waals surface area contributed by atoms with Crippen LogP contribution < -0.4 is 15.6 Å². The van der Waals surface area contributed by atoms with Gasteiger partial charge in [0.1, 0.15) is 6.54 Å². The normalized spacial score (nSPS) is 22.4. The zero-order valence-corrected chi connectivity index (χ0v) is 47.3. The summed E-state index contributed by atoms with van der Waals surface area (Å²) < 4.78 is 75.3. The van der Waals surface area contributed by atoms with E-state index >= 15 is 17.6 Å². The first-order valence-corrected chi connectivity index (χ1v) is 27.3. The predicted molar refractivity (Wildman–Crippen MR) is 281 cm³/mol. The summed E-state index contributed by atoms with van der Waals surface area (Å²) in [6.07, 6.45) is 4.27. The van der Waals surface area contributed by atoms with E-state index in [0.29, 0.717) is 71.3 Å². The van der Waals surface area contributed by atoms with Gasteiger partial charge in [-0.25, -0.2) is 0 Å². The Kier molecular flexibility index (Phi) is 18.0. The van der Waals surface area contributed by atoms with Gasteiger partial charge < -0.3 is 14.5 Å². The Bertz CT molecular complexity index is 2960. The molecular formula is C56H67F4N11O5Os-2. The van der Waals surface area contributed by atoms with Gasteiger partial charge in [-0.15, -0.1) is 0 Å². The molecule has 1 aromatic carbocycles. The first kappa shape index (κ1) is 57.4. The molecule has 4 aromatic rings. The molecule has 3 aliphatic heterocycles. The molecule has 3 fully saturated rings. The fourth-order valence-corrected chi connectivity index (χ4v) is 12.3. The molecule has 2 saturated heterocycles. The van der Waals surface area contributed by atoms with Crippen molar-refractivity contribution in [2.75, 3.05) is 65.4 Å². The zero-order valence-electron chi connectivity index (χ0n) is 44.8. The predicted octanol–water partition coefficient (Wildman–Crippen LogP) is 6.58. The van der Waals surface area contributed by atoms with Crippen LogP contribution in [0.15, 0.2) is 47.8 Å². The minimum absolute atomic E-state index is 0.0217. The van der Waals surface area contributed by atoms with Crippen LogP contribution in [0.2, 0.25) is 0 Å². The third kappa shape index (κ3) is 13.4. The number of aromatic nitrogens is 4. The molecule has 2 N–H and O–H groups in total. The van der Waals surface area contributed by atoms with Crippen LogP contribution in [-0.4, -0.2) is 147 Å². The second-order valence-corrected chi connectivity index (χ2v) is 23.0. The van der Waals surface area contributed by atoms with Crippen molar-refractivity contribution < 1.29 is 59.6 Å². The number of nitrogens with one attached hydrogen (secondary N) is 2. The van der Waals surface area contributed by atoms with E-state index in [2.05, 4.69) is 53.6 Å².